The monoisotopic (exact) mass is 302 g/mol. The minimum atomic E-state index is -1.01. The van der Waals surface area contributed by atoms with Crippen molar-refractivity contribution >= 4 is 23.0 Å². The first-order valence-electron chi connectivity index (χ1n) is 6.85. The van der Waals surface area contributed by atoms with Crippen LogP contribution in [0, 0.1) is 0 Å². The van der Waals surface area contributed by atoms with E-state index in [0.717, 1.165) is 5.56 Å². The Morgan fingerprint density at radius 3 is 2.64 bits per heavy atom. The molecule has 2 rings (SSSR count). The second-order valence-electron chi connectivity index (χ2n) is 5.83. The number of carboxylic acid groups (broad SMARTS) is 1. The summed E-state index contributed by atoms with van der Waals surface area (Å²) in [5.74, 6) is -1.01. The Hall–Kier alpha value is -2.63. The second kappa shape index (κ2) is 6.01. The third kappa shape index (κ3) is 3.72. The number of nitrogens with zero attached hydrogens (tertiary/aromatic N) is 1. The predicted octanol–water partition coefficient (Wildman–Crippen LogP) is 2.96. The number of hydrogen-bond acceptors (Lipinski definition) is 4. The van der Waals surface area contributed by atoms with Crippen molar-refractivity contribution in [3.05, 3.63) is 41.6 Å². The van der Waals surface area contributed by atoms with E-state index in [1.165, 1.54) is 6.07 Å². The summed E-state index contributed by atoms with van der Waals surface area (Å²) in [5, 5.41) is 12.4. The first kappa shape index (κ1) is 15.8. The molecule has 0 fully saturated rings. The molecule has 0 aliphatic rings. The van der Waals surface area contributed by atoms with Crippen LogP contribution in [0.1, 0.15) is 36.7 Å². The molecular formula is C16H18N2O4. The molecule has 1 aromatic heterocycles. The van der Waals surface area contributed by atoms with Crippen molar-refractivity contribution in [2.45, 2.75) is 32.9 Å². The van der Waals surface area contributed by atoms with Gasteiger partial charge >= 0.3 is 12.1 Å². The van der Waals surface area contributed by atoms with Crippen LogP contribution < -0.4 is 5.32 Å². The minimum absolute atomic E-state index is 0.184. The Bertz CT molecular complexity index is 720. The van der Waals surface area contributed by atoms with E-state index in [1.54, 1.807) is 45.2 Å². The fourth-order valence-corrected chi connectivity index (χ4v) is 2.04. The average Bonchev–Trinajstić information content (AvgIpc) is 2.42. The molecule has 0 aliphatic heterocycles. The molecule has 0 aliphatic carbocycles. The number of benzene rings is 1. The van der Waals surface area contributed by atoms with Gasteiger partial charge in [0.1, 0.15) is 5.60 Å². The number of nitrogens with one attached hydrogen (secondary N) is 1. The molecule has 0 radical (unpaired) electrons. The van der Waals surface area contributed by atoms with Crippen LogP contribution in [0.15, 0.2) is 30.5 Å². The average molecular weight is 302 g/mol. The third-order valence-corrected chi connectivity index (χ3v) is 2.91. The van der Waals surface area contributed by atoms with E-state index in [-0.39, 0.29) is 12.1 Å². The number of rotatable bonds is 3. The highest BCUT2D eigenvalue weighted by Gasteiger charge is 2.17. The van der Waals surface area contributed by atoms with Gasteiger partial charge in [-0.2, -0.15) is 0 Å². The molecule has 2 N–H and O–H groups in total. The van der Waals surface area contributed by atoms with Gasteiger partial charge in [0.05, 0.1) is 11.1 Å². The van der Waals surface area contributed by atoms with Gasteiger partial charge in [0, 0.05) is 18.1 Å². The Balaban J connectivity index is 2.24. The van der Waals surface area contributed by atoms with E-state index >= 15 is 0 Å². The predicted molar refractivity (Wildman–Crippen MR) is 81.8 cm³/mol. The van der Waals surface area contributed by atoms with Gasteiger partial charge in [-0.15, -0.1) is 0 Å². The summed E-state index contributed by atoms with van der Waals surface area (Å²) in [6.07, 6.45) is 1.06. The number of amides is 1. The largest absolute Gasteiger partial charge is 0.478 e. The molecule has 0 saturated carbocycles. The molecule has 0 bridgehead atoms. The van der Waals surface area contributed by atoms with Crippen LogP contribution in [0.3, 0.4) is 0 Å². The normalized spacial score (nSPS) is 11.2. The van der Waals surface area contributed by atoms with Gasteiger partial charge in [0.25, 0.3) is 0 Å². The molecule has 6 heteroatoms. The molecule has 22 heavy (non-hydrogen) atoms. The number of carboxylic acids is 1. The third-order valence-electron chi connectivity index (χ3n) is 2.91. The Kier molecular flexibility index (Phi) is 4.30. The van der Waals surface area contributed by atoms with Crippen molar-refractivity contribution in [3.8, 4) is 0 Å². The van der Waals surface area contributed by atoms with Gasteiger partial charge in [-0.25, -0.2) is 9.59 Å². The lowest BCUT2D eigenvalue weighted by Crippen LogP contribution is -2.32. The number of hydrogen-bond donors (Lipinski definition) is 2. The van der Waals surface area contributed by atoms with Crippen molar-refractivity contribution in [1.82, 2.24) is 10.3 Å². The Labute approximate surface area is 128 Å². The van der Waals surface area contributed by atoms with Crippen molar-refractivity contribution < 1.29 is 19.4 Å². The van der Waals surface area contributed by atoms with Gasteiger partial charge in [0.15, 0.2) is 0 Å². The molecule has 1 aromatic carbocycles. The molecule has 116 valence electrons. The van der Waals surface area contributed by atoms with E-state index in [0.29, 0.717) is 10.9 Å². The van der Waals surface area contributed by atoms with Gasteiger partial charge in [-0.05, 0) is 38.5 Å². The number of ether oxygens (including phenoxy) is 1. The summed E-state index contributed by atoms with van der Waals surface area (Å²) in [6.45, 7) is 5.56. The lowest BCUT2D eigenvalue weighted by Gasteiger charge is -2.19. The zero-order valence-electron chi connectivity index (χ0n) is 12.7. The van der Waals surface area contributed by atoms with Crippen LogP contribution in [0.25, 0.3) is 10.9 Å². The molecule has 6 nitrogen and oxygen atoms in total. The lowest BCUT2D eigenvalue weighted by atomic mass is 10.0. The zero-order chi connectivity index (χ0) is 16.3. The standard InChI is InChI=1S/C16H18N2O4/c1-16(2,3)22-15(21)18-9-10-6-7-12(14(19)20)11-5-4-8-17-13(10)11/h4-8H,9H2,1-3H3,(H,18,21)(H,19,20). The lowest BCUT2D eigenvalue weighted by molar-refractivity contribution is 0.0523. The first-order chi connectivity index (χ1) is 10.3. The number of aromatic nitrogens is 1. The number of aromatic carboxylic acids is 1. The van der Waals surface area contributed by atoms with E-state index < -0.39 is 17.7 Å². The molecule has 0 spiro atoms. The van der Waals surface area contributed by atoms with Crippen molar-refractivity contribution in [2.75, 3.05) is 0 Å². The number of carbonyl (C=O) groups excluding carboxylic acids is 1. The van der Waals surface area contributed by atoms with E-state index in [4.69, 9.17) is 4.74 Å². The van der Waals surface area contributed by atoms with Crippen LogP contribution >= 0.6 is 0 Å². The Morgan fingerprint density at radius 1 is 1.27 bits per heavy atom. The summed E-state index contributed by atoms with van der Waals surface area (Å²) in [5.41, 5.74) is 0.895. The summed E-state index contributed by atoms with van der Waals surface area (Å²) >= 11 is 0. The Morgan fingerprint density at radius 2 is 2.00 bits per heavy atom. The number of alkyl carbamates (subject to hydrolysis) is 1. The fraction of sp³-hybridized carbons (Fsp3) is 0.312. The quantitative estimate of drug-likeness (QED) is 0.910. The van der Waals surface area contributed by atoms with Crippen LogP contribution in [0.4, 0.5) is 4.79 Å². The number of pyridine rings is 1. The van der Waals surface area contributed by atoms with Crippen molar-refractivity contribution in [3.63, 3.8) is 0 Å². The van der Waals surface area contributed by atoms with Gasteiger partial charge in [-0.3, -0.25) is 4.98 Å². The molecule has 0 saturated heterocycles. The zero-order valence-corrected chi connectivity index (χ0v) is 12.7. The summed E-state index contributed by atoms with van der Waals surface area (Å²) < 4.78 is 5.17. The minimum Gasteiger partial charge on any atom is -0.478 e. The fourth-order valence-electron chi connectivity index (χ4n) is 2.04. The maximum atomic E-state index is 11.7. The maximum absolute atomic E-state index is 11.7. The topological polar surface area (TPSA) is 88.5 Å². The first-order valence-corrected chi connectivity index (χ1v) is 6.85. The van der Waals surface area contributed by atoms with E-state index in [9.17, 15) is 14.7 Å². The van der Waals surface area contributed by atoms with Crippen LogP contribution in [-0.2, 0) is 11.3 Å². The van der Waals surface area contributed by atoms with Crippen molar-refractivity contribution in [1.29, 1.82) is 0 Å². The summed E-state index contributed by atoms with van der Waals surface area (Å²) in [7, 11) is 0. The molecule has 0 atom stereocenters. The van der Waals surface area contributed by atoms with Gasteiger partial charge < -0.3 is 15.2 Å². The highest BCUT2D eigenvalue weighted by molar-refractivity contribution is 6.03. The van der Waals surface area contributed by atoms with Crippen LogP contribution in [0.5, 0.6) is 0 Å². The van der Waals surface area contributed by atoms with Crippen LogP contribution in [0.2, 0.25) is 0 Å². The molecule has 1 heterocycles. The van der Waals surface area contributed by atoms with Crippen LogP contribution in [-0.4, -0.2) is 27.8 Å². The highest BCUT2D eigenvalue weighted by atomic mass is 16.6. The maximum Gasteiger partial charge on any atom is 0.407 e. The SMILES string of the molecule is CC(C)(C)OC(=O)NCc1ccc(C(=O)O)c2cccnc12. The van der Waals surface area contributed by atoms with E-state index in [2.05, 4.69) is 10.3 Å². The second-order valence-corrected chi connectivity index (χ2v) is 5.83. The van der Waals surface area contributed by atoms with Gasteiger partial charge in [0.2, 0.25) is 0 Å². The number of fused-ring (bicyclic) bond motifs is 1. The molecular weight excluding hydrogens is 284 g/mol. The molecule has 2 aromatic rings. The molecule has 1 amide bonds. The van der Waals surface area contributed by atoms with Crippen molar-refractivity contribution in [2.24, 2.45) is 0 Å². The van der Waals surface area contributed by atoms with Gasteiger partial charge in [-0.1, -0.05) is 12.1 Å². The smallest absolute Gasteiger partial charge is 0.407 e. The highest BCUT2D eigenvalue weighted by Crippen LogP contribution is 2.21. The summed E-state index contributed by atoms with van der Waals surface area (Å²) in [6, 6.07) is 6.54. The number of carbonyl (C=O) groups is 2. The molecule has 0 unspecified atom stereocenters. The summed E-state index contributed by atoms with van der Waals surface area (Å²) in [4.78, 5) is 27.1. The van der Waals surface area contributed by atoms with E-state index in [1.807, 2.05) is 0 Å².